The highest BCUT2D eigenvalue weighted by Crippen LogP contribution is 2.36. The van der Waals surface area contributed by atoms with Crippen LogP contribution >= 0.6 is 0 Å². The fourth-order valence-corrected chi connectivity index (χ4v) is 1.75. The Balaban J connectivity index is 2.89. The second-order valence-corrected chi connectivity index (χ2v) is 3.94. The van der Waals surface area contributed by atoms with Gasteiger partial charge in [-0.3, -0.25) is 4.90 Å². The molecule has 1 aromatic carbocycles. The lowest BCUT2D eigenvalue weighted by Gasteiger charge is -2.30. The first-order chi connectivity index (χ1) is 7.96. The predicted octanol–water partition coefficient (Wildman–Crippen LogP) is 2.44. The third-order valence-electron chi connectivity index (χ3n) is 2.58. The molecule has 17 heavy (non-hydrogen) atoms. The molecule has 0 aromatic heterocycles. The summed E-state index contributed by atoms with van der Waals surface area (Å²) in [6, 6.07) is 6.43. The van der Waals surface area contributed by atoms with Crippen molar-refractivity contribution in [1.82, 2.24) is 10.2 Å². The summed E-state index contributed by atoms with van der Waals surface area (Å²) in [6.07, 6.45) is -4.26. The van der Waals surface area contributed by atoms with Crippen LogP contribution in [0.25, 0.3) is 0 Å². The van der Waals surface area contributed by atoms with Gasteiger partial charge in [-0.15, -0.1) is 0 Å². The van der Waals surface area contributed by atoms with Gasteiger partial charge in [0.1, 0.15) is 6.04 Å². The van der Waals surface area contributed by atoms with E-state index in [1.165, 1.54) is 24.1 Å². The Labute approximate surface area is 99.4 Å². The van der Waals surface area contributed by atoms with Crippen molar-refractivity contribution in [2.24, 2.45) is 0 Å². The molecular formula is C12H17F3N2. The van der Waals surface area contributed by atoms with Gasteiger partial charge in [0.2, 0.25) is 0 Å². The smallest absolute Gasteiger partial charge is 0.318 e. The van der Waals surface area contributed by atoms with Crippen LogP contribution in [0.5, 0.6) is 0 Å². The first-order valence-corrected chi connectivity index (χ1v) is 5.43. The molecule has 5 heteroatoms. The lowest BCUT2D eigenvalue weighted by molar-refractivity contribution is -0.182. The van der Waals surface area contributed by atoms with Gasteiger partial charge in [-0.2, -0.15) is 13.2 Å². The van der Waals surface area contributed by atoms with Gasteiger partial charge in [0.15, 0.2) is 0 Å². The molecule has 1 aromatic rings. The second kappa shape index (κ2) is 6.02. The van der Waals surface area contributed by atoms with Crippen LogP contribution < -0.4 is 5.32 Å². The SMILES string of the molecule is CNCCN(C)C(c1ccccc1)C(F)(F)F. The number of hydrogen-bond acceptors (Lipinski definition) is 2. The van der Waals surface area contributed by atoms with E-state index in [2.05, 4.69) is 5.32 Å². The van der Waals surface area contributed by atoms with Crippen molar-refractivity contribution in [2.75, 3.05) is 27.2 Å². The third kappa shape index (κ3) is 4.02. The van der Waals surface area contributed by atoms with E-state index in [1.807, 2.05) is 0 Å². The Morgan fingerprint density at radius 2 is 1.82 bits per heavy atom. The van der Waals surface area contributed by atoms with E-state index in [1.54, 1.807) is 25.2 Å². The summed E-state index contributed by atoms with van der Waals surface area (Å²) in [6.45, 7) is 0.867. The number of benzene rings is 1. The molecule has 0 amide bonds. The number of likely N-dealkylation sites (N-methyl/N-ethyl adjacent to an activating group) is 2. The monoisotopic (exact) mass is 246 g/mol. The molecule has 0 bridgehead atoms. The van der Waals surface area contributed by atoms with Crippen LogP contribution in [-0.4, -0.2) is 38.3 Å². The number of hydrogen-bond donors (Lipinski definition) is 1. The first-order valence-electron chi connectivity index (χ1n) is 5.43. The number of nitrogens with zero attached hydrogens (tertiary/aromatic N) is 1. The number of rotatable bonds is 5. The summed E-state index contributed by atoms with van der Waals surface area (Å²) in [5, 5.41) is 2.85. The van der Waals surface area contributed by atoms with Gasteiger partial charge in [0.25, 0.3) is 0 Å². The van der Waals surface area contributed by atoms with E-state index in [0.717, 1.165) is 0 Å². The van der Waals surface area contributed by atoms with Gasteiger partial charge >= 0.3 is 6.18 Å². The zero-order valence-corrected chi connectivity index (χ0v) is 9.96. The number of alkyl halides is 3. The highest BCUT2D eigenvalue weighted by atomic mass is 19.4. The van der Waals surface area contributed by atoms with E-state index in [4.69, 9.17) is 0 Å². The van der Waals surface area contributed by atoms with Crippen LogP contribution in [-0.2, 0) is 0 Å². The molecule has 0 fully saturated rings. The summed E-state index contributed by atoms with van der Waals surface area (Å²) in [5.74, 6) is 0. The van der Waals surface area contributed by atoms with E-state index in [9.17, 15) is 13.2 Å². The van der Waals surface area contributed by atoms with Gasteiger partial charge in [0.05, 0.1) is 0 Å². The highest BCUT2D eigenvalue weighted by Gasteiger charge is 2.43. The van der Waals surface area contributed by atoms with Crippen molar-refractivity contribution >= 4 is 0 Å². The van der Waals surface area contributed by atoms with Gasteiger partial charge in [-0.1, -0.05) is 30.3 Å². The molecule has 0 aliphatic rings. The Kier molecular flexibility index (Phi) is 4.96. The molecule has 0 aliphatic carbocycles. The first kappa shape index (κ1) is 14.0. The second-order valence-electron chi connectivity index (χ2n) is 3.94. The van der Waals surface area contributed by atoms with Crippen LogP contribution in [0.1, 0.15) is 11.6 Å². The minimum Gasteiger partial charge on any atom is -0.318 e. The van der Waals surface area contributed by atoms with Gasteiger partial charge in [0, 0.05) is 13.1 Å². The molecule has 0 spiro atoms. The molecule has 2 nitrogen and oxygen atoms in total. The summed E-state index contributed by atoms with van der Waals surface area (Å²) >= 11 is 0. The topological polar surface area (TPSA) is 15.3 Å². The predicted molar refractivity (Wildman–Crippen MR) is 61.8 cm³/mol. The third-order valence-corrected chi connectivity index (χ3v) is 2.58. The van der Waals surface area contributed by atoms with Crippen molar-refractivity contribution in [2.45, 2.75) is 12.2 Å². The summed E-state index contributed by atoms with van der Waals surface area (Å²) in [5.41, 5.74) is 0.276. The Morgan fingerprint density at radius 3 is 2.29 bits per heavy atom. The maximum Gasteiger partial charge on any atom is 0.408 e. The Bertz CT molecular complexity index is 324. The van der Waals surface area contributed by atoms with Crippen LogP contribution in [0.4, 0.5) is 13.2 Å². The van der Waals surface area contributed by atoms with E-state index in [-0.39, 0.29) is 5.56 Å². The molecule has 1 N–H and O–H groups in total. The van der Waals surface area contributed by atoms with Gasteiger partial charge in [-0.05, 0) is 19.7 Å². The maximum absolute atomic E-state index is 13.0. The van der Waals surface area contributed by atoms with E-state index < -0.39 is 12.2 Å². The molecule has 1 atom stereocenters. The average Bonchev–Trinajstić information content (AvgIpc) is 2.26. The molecule has 0 heterocycles. The van der Waals surface area contributed by atoms with Crippen molar-refractivity contribution in [3.05, 3.63) is 35.9 Å². The fourth-order valence-electron chi connectivity index (χ4n) is 1.75. The van der Waals surface area contributed by atoms with Crippen molar-refractivity contribution < 1.29 is 13.2 Å². The molecule has 96 valence electrons. The molecule has 1 unspecified atom stereocenters. The Hall–Kier alpha value is -1.07. The fraction of sp³-hybridized carbons (Fsp3) is 0.500. The Morgan fingerprint density at radius 1 is 1.24 bits per heavy atom. The van der Waals surface area contributed by atoms with Crippen LogP contribution in [0.3, 0.4) is 0 Å². The van der Waals surface area contributed by atoms with Crippen molar-refractivity contribution in [3.63, 3.8) is 0 Å². The summed E-state index contributed by atoms with van der Waals surface area (Å²) < 4.78 is 39.1. The zero-order valence-electron chi connectivity index (χ0n) is 9.96. The molecule has 0 aliphatic heterocycles. The van der Waals surface area contributed by atoms with Crippen molar-refractivity contribution in [1.29, 1.82) is 0 Å². The molecule has 0 radical (unpaired) electrons. The van der Waals surface area contributed by atoms with Gasteiger partial charge < -0.3 is 5.32 Å². The summed E-state index contributed by atoms with van der Waals surface area (Å²) in [4.78, 5) is 1.31. The van der Waals surface area contributed by atoms with Crippen LogP contribution in [0, 0.1) is 0 Å². The largest absolute Gasteiger partial charge is 0.408 e. The van der Waals surface area contributed by atoms with Gasteiger partial charge in [-0.25, -0.2) is 0 Å². The summed E-state index contributed by atoms with van der Waals surface area (Å²) in [7, 11) is 3.21. The lowest BCUT2D eigenvalue weighted by atomic mass is 10.1. The van der Waals surface area contributed by atoms with Crippen molar-refractivity contribution in [3.8, 4) is 0 Å². The highest BCUT2D eigenvalue weighted by molar-refractivity contribution is 5.20. The molecular weight excluding hydrogens is 229 g/mol. The average molecular weight is 246 g/mol. The van der Waals surface area contributed by atoms with Crippen LogP contribution in [0.15, 0.2) is 30.3 Å². The number of halogens is 3. The minimum atomic E-state index is -4.26. The standard InChI is InChI=1S/C12H17F3N2/c1-16-8-9-17(2)11(12(13,14)15)10-6-4-3-5-7-10/h3-7,11,16H,8-9H2,1-2H3. The minimum absolute atomic E-state index is 0.276. The molecule has 0 saturated carbocycles. The van der Waals surface area contributed by atoms with Crippen LogP contribution in [0.2, 0.25) is 0 Å². The quantitative estimate of drug-likeness (QED) is 0.858. The zero-order chi connectivity index (χ0) is 12.9. The van der Waals surface area contributed by atoms with E-state index >= 15 is 0 Å². The normalized spacial score (nSPS) is 14.0. The lowest BCUT2D eigenvalue weighted by Crippen LogP contribution is -2.39. The maximum atomic E-state index is 13.0. The van der Waals surface area contributed by atoms with E-state index in [0.29, 0.717) is 13.1 Å². The molecule has 0 saturated heterocycles. The number of nitrogens with one attached hydrogen (secondary N) is 1. The molecule has 1 rings (SSSR count).